The smallest absolute Gasteiger partial charge is 0.485 e. The lowest BCUT2D eigenvalue weighted by atomic mass is 10.3. The van der Waals surface area contributed by atoms with Gasteiger partial charge in [-0.2, -0.15) is 13.2 Å². The minimum Gasteiger partial charge on any atom is -0.741 e. The first-order valence-electron chi connectivity index (χ1n) is 5.40. The second kappa shape index (κ2) is 8.36. The topological polar surface area (TPSA) is 104 Å². The average molecular weight is 362 g/mol. The van der Waals surface area contributed by atoms with Crippen molar-refractivity contribution < 1.29 is 40.8 Å². The molecule has 22 heavy (non-hydrogen) atoms. The number of hydrogen-bond donors (Lipinski definition) is 1. The van der Waals surface area contributed by atoms with Crippen LogP contribution in [0.25, 0.3) is 0 Å². The number of rotatable bonds is 3. The fraction of sp³-hybridized carbons (Fsp3) is 0.364. The Kier molecular flexibility index (Phi) is 7.87. The van der Waals surface area contributed by atoms with E-state index in [0.717, 1.165) is 0 Å². The van der Waals surface area contributed by atoms with Gasteiger partial charge < -0.3 is 14.4 Å². The number of esters is 1. The molecule has 1 aromatic rings. The summed E-state index contributed by atoms with van der Waals surface area (Å²) in [6, 6.07) is 7.30. The van der Waals surface area contributed by atoms with E-state index < -0.39 is 28.2 Å². The summed E-state index contributed by atoms with van der Waals surface area (Å²) in [5.74, 6) is -0.164. The number of aliphatic hydroxyl groups excluding tert-OH is 1. The molecule has 0 bridgehead atoms. The lowest BCUT2D eigenvalue weighted by Gasteiger charge is -2.08. The molecule has 126 valence electrons. The number of benzene rings is 1. The van der Waals surface area contributed by atoms with Crippen LogP contribution in [-0.2, 0) is 25.8 Å². The van der Waals surface area contributed by atoms with Gasteiger partial charge in [0.05, 0.1) is 0 Å². The summed E-state index contributed by atoms with van der Waals surface area (Å²) in [7, 11) is -5.88. The Balaban J connectivity index is 0.000000472. The van der Waals surface area contributed by atoms with Crippen LogP contribution in [0.1, 0.15) is 0 Å². The molecule has 0 aliphatic carbocycles. The van der Waals surface area contributed by atoms with E-state index in [1.54, 1.807) is 12.1 Å². The van der Waals surface area contributed by atoms with Gasteiger partial charge in [0.1, 0.15) is 24.9 Å². The van der Waals surface area contributed by atoms with E-state index in [0.29, 0.717) is 5.75 Å². The molecule has 0 saturated carbocycles. The van der Waals surface area contributed by atoms with Crippen LogP contribution in [0.5, 0.6) is 5.75 Å². The largest absolute Gasteiger partial charge is 0.741 e. The monoisotopic (exact) mass is 362 g/mol. The van der Waals surface area contributed by atoms with Gasteiger partial charge in [-0.05, 0) is 24.3 Å². The average Bonchev–Trinajstić information content (AvgIpc) is 2.37. The number of ether oxygens (including phenoxy) is 1. The molecule has 0 amide bonds. The van der Waals surface area contributed by atoms with Gasteiger partial charge in [-0.3, -0.25) is 0 Å². The summed E-state index contributed by atoms with van der Waals surface area (Å²) < 4.78 is 63.7. The van der Waals surface area contributed by atoms with Gasteiger partial charge in [0.25, 0.3) is 0 Å². The number of hydrogen-bond acceptors (Lipinski definition) is 6. The van der Waals surface area contributed by atoms with Gasteiger partial charge in [0, 0.05) is 10.9 Å². The molecule has 11 heteroatoms. The SMILES string of the molecule is C[S+](C)c1ccc(OC(=O)CO)cc1.O=S(=O)([O-])C(F)(F)F. The highest BCUT2D eigenvalue weighted by molar-refractivity contribution is 7.95. The summed E-state index contributed by atoms with van der Waals surface area (Å²) >= 11 is 0. The zero-order chi connectivity index (χ0) is 17.6. The molecule has 1 rings (SSSR count). The Hall–Kier alpha value is -1.30. The third kappa shape index (κ3) is 7.64. The fourth-order valence-corrected chi connectivity index (χ4v) is 1.62. The fourth-order valence-electron chi connectivity index (χ4n) is 0.944. The van der Waals surface area contributed by atoms with Crippen molar-refractivity contribution in [3.05, 3.63) is 24.3 Å². The van der Waals surface area contributed by atoms with E-state index in [9.17, 15) is 18.0 Å². The maximum atomic E-state index is 10.7. The highest BCUT2D eigenvalue weighted by Crippen LogP contribution is 2.20. The lowest BCUT2D eigenvalue weighted by Crippen LogP contribution is -2.21. The Bertz CT molecular complexity index is 581. The Morgan fingerprint density at radius 2 is 1.68 bits per heavy atom. The quantitative estimate of drug-likeness (QED) is 0.281. The van der Waals surface area contributed by atoms with Crippen LogP contribution in [0.2, 0.25) is 0 Å². The molecule has 0 aliphatic heterocycles. The zero-order valence-electron chi connectivity index (χ0n) is 11.5. The van der Waals surface area contributed by atoms with Gasteiger partial charge in [-0.25, -0.2) is 13.2 Å². The summed E-state index contributed by atoms with van der Waals surface area (Å²) in [6.45, 7) is -0.590. The number of aliphatic hydroxyl groups is 1. The predicted octanol–water partition coefficient (Wildman–Crippen LogP) is 0.873. The minimum absolute atomic E-state index is 0.208. The third-order valence-corrected chi connectivity index (χ3v) is 3.72. The molecule has 0 radical (unpaired) electrons. The third-order valence-electron chi connectivity index (χ3n) is 1.94. The number of halogens is 3. The van der Waals surface area contributed by atoms with Crippen LogP contribution >= 0.6 is 0 Å². The van der Waals surface area contributed by atoms with E-state index in [-0.39, 0.29) is 10.9 Å². The zero-order valence-corrected chi connectivity index (χ0v) is 13.1. The first-order valence-corrected chi connectivity index (χ1v) is 8.84. The van der Waals surface area contributed by atoms with E-state index in [2.05, 4.69) is 12.5 Å². The van der Waals surface area contributed by atoms with Crippen molar-refractivity contribution in [1.29, 1.82) is 0 Å². The molecule has 0 unspecified atom stereocenters. The Morgan fingerprint density at radius 3 is 1.95 bits per heavy atom. The molecule has 0 aromatic heterocycles. The molecule has 0 heterocycles. The first kappa shape index (κ1) is 20.7. The van der Waals surface area contributed by atoms with E-state index in [1.165, 1.54) is 4.90 Å². The van der Waals surface area contributed by atoms with Crippen molar-refractivity contribution >= 4 is 27.0 Å². The summed E-state index contributed by atoms with van der Waals surface area (Å²) in [5.41, 5.74) is -5.65. The van der Waals surface area contributed by atoms with Gasteiger partial charge >= 0.3 is 11.5 Å². The number of carbonyl (C=O) groups is 1. The van der Waals surface area contributed by atoms with Crippen molar-refractivity contribution in [3.63, 3.8) is 0 Å². The van der Waals surface area contributed by atoms with Crippen LogP contribution in [0.15, 0.2) is 29.2 Å². The van der Waals surface area contributed by atoms with Crippen molar-refractivity contribution in [2.24, 2.45) is 0 Å². The highest BCUT2D eigenvalue weighted by Gasteiger charge is 2.36. The normalized spacial score (nSPS) is 11.6. The van der Waals surface area contributed by atoms with Crippen LogP contribution in [0.4, 0.5) is 13.2 Å². The molecule has 0 atom stereocenters. The molecule has 0 aliphatic rings. The number of alkyl halides is 3. The predicted molar refractivity (Wildman–Crippen MR) is 72.4 cm³/mol. The van der Waals surface area contributed by atoms with Crippen LogP contribution in [0.3, 0.4) is 0 Å². The van der Waals surface area contributed by atoms with Crippen molar-refractivity contribution in [2.45, 2.75) is 10.4 Å². The molecular formula is C11H13F3O6S2. The summed E-state index contributed by atoms with van der Waals surface area (Å²) in [4.78, 5) is 11.9. The van der Waals surface area contributed by atoms with Gasteiger partial charge in [-0.15, -0.1) is 0 Å². The Labute approximate surface area is 128 Å². The van der Waals surface area contributed by atoms with Crippen molar-refractivity contribution in [1.82, 2.24) is 0 Å². The highest BCUT2D eigenvalue weighted by atomic mass is 32.2. The molecular weight excluding hydrogens is 349 g/mol. The molecule has 0 spiro atoms. The molecule has 1 N–H and O–H groups in total. The minimum atomic E-state index is -6.09. The maximum absolute atomic E-state index is 10.7. The Morgan fingerprint density at radius 1 is 1.27 bits per heavy atom. The standard InChI is InChI=1S/C10H13O3S.CHF3O3S/c1-14(2)9-5-3-8(4-6-9)13-10(12)7-11;2-1(3,4)8(5,6)7/h3-6,11H,7H2,1-2H3;(H,5,6,7)/q+1;/p-1. The van der Waals surface area contributed by atoms with Crippen molar-refractivity contribution in [2.75, 3.05) is 19.1 Å². The van der Waals surface area contributed by atoms with Gasteiger partial charge in [0.2, 0.25) is 0 Å². The molecule has 0 fully saturated rings. The molecule has 6 nitrogen and oxygen atoms in total. The van der Waals surface area contributed by atoms with E-state index in [4.69, 9.17) is 22.8 Å². The summed E-state index contributed by atoms with van der Waals surface area (Å²) in [5, 5.41) is 8.47. The molecule has 1 aromatic carbocycles. The van der Waals surface area contributed by atoms with Crippen LogP contribution in [-0.4, -0.2) is 48.7 Å². The van der Waals surface area contributed by atoms with Crippen molar-refractivity contribution in [3.8, 4) is 5.75 Å². The van der Waals surface area contributed by atoms with E-state index >= 15 is 0 Å². The number of carbonyl (C=O) groups excluding carboxylic acids is 1. The van der Waals surface area contributed by atoms with Gasteiger partial charge in [0.15, 0.2) is 15.0 Å². The first-order chi connectivity index (χ1) is 9.88. The van der Waals surface area contributed by atoms with Gasteiger partial charge in [-0.1, -0.05) is 0 Å². The molecule has 0 saturated heterocycles. The lowest BCUT2D eigenvalue weighted by molar-refractivity contribution is -0.137. The summed E-state index contributed by atoms with van der Waals surface area (Å²) in [6.07, 6.45) is 4.24. The maximum Gasteiger partial charge on any atom is 0.485 e. The van der Waals surface area contributed by atoms with Crippen LogP contribution in [0, 0.1) is 0 Å². The van der Waals surface area contributed by atoms with E-state index in [1.807, 2.05) is 12.1 Å². The second-order valence-electron chi connectivity index (χ2n) is 3.82. The van der Waals surface area contributed by atoms with Crippen LogP contribution < -0.4 is 4.74 Å². The second-order valence-corrected chi connectivity index (χ2v) is 7.30.